The lowest BCUT2D eigenvalue weighted by atomic mass is 10.2. The van der Waals surface area contributed by atoms with E-state index in [1.807, 2.05) is 24.3 Å². The highest BCUT2D eigenvalue weighted by atomic mass is 79.9. The Balaban J connectivity index is 1.60. The highest BCUT2D eigenvalue weighted by Gasteiger charge is 2.17. The third-order valence-electron chi connectivity index (χ3n) is 3.05. The first-order chi connectivity index (χ1) is 12.0. The molecule has 0 aliphatic carbocycles. The van der Waals surface area contributed by atoms with Crippen molar-refractivity contribution in [3.8, 4) is 0 Å². The molecule has 3 rings (SSSR count). The monoisotopic (exact) mass is 457 g/mol. The number of halogens is 2. The minimum absolute atomic E-state index is 0.0786. The van der Waals surface area contributed by atoms with Gasteiger partial charge in [0.15, 0.2) is 15.5 Å². The van der Waals surface area contributed by atoms with Gasteiger partial charge in [-0.2, -0.15) is 0 Å². The van der Waals surface area contributed by atoms with Gasteiger partial charge in [-0.3, -0.25) is 25.8 Å². The maximum Gasteiger partial charge on any atom is 0.293 e. The maximum atomic E-state index is 12.3. The van der Waals surface area contributed by atoms with E-state index in [2.05, 4.69) is 32.1 Å². The van der Waals surface area contributed by atoms with Crippen LogP contribution < -0.4 is 16.2 Å². The van der Waals surface area contributed by atoms with Crippen LogP contribution >= 0.6 is 51.1 Å². The Morgan fingerprint density at radius 1 is 1.12 bits per heavy atom. The summed E-state index contributed by atoms with van der Waals surface area (Å²) in [6.07, 6.45) is 0. The fraction of sp³-hybridized carbons (Fsp3) is 0. The largest absolute Gasteiger partial charge is 0.444 e. The van der Waals surface area contributed by atoms with Crippen molar-refractivity contribution in [2.24, 2.45) is 0 Å². The molecule has 25 heavy (non-hydrogen) atoms. The molecule has 0 saturated carbocycles. The van der Waals surface area contributed by atoms with Gasteiger partial charge in [0.2, 0.25) is 0 Å². The molecule has 6 nitrogen and oxygen atoms in total. The SMILES string of the molecule is O=C(NC(=S)NNC(=O)c1sc2ccccc2c1Cl)c1ccc(Br)o1. The quantitative estimate of drug-likeness (QED) is 0.401. The van der Waals surface area contributed by atoms with Gasteiger partial charge in [0, 0.05) is 10.1 Å². The van der Waals surface area contributed by atoms with Gasteiger partial charge in [-0.1, -0.05) is 29.8 Å². The summed E-state index contributed by atoms with van der Waals surface area (Å²) in [6.45, 7) is 0. The lowest BCUT2D eigenvalue weighted by Gasteiger charge is -2.09. The van der Waals surface area contributed by atoms with Crippen LogP contribution in [0.25, 0.3) is 10.1 Å². The molecular formula is C15H9BrClN3O3S2. The zero-order valence-corrected chi connectivity index (χ0v) is 16.2. The normalized spacial score (nSPS) is 10.5. The molecule has 2 amide bonds. The first kappa shape index (κ1) is 17.9. The lowest BCUT2D eigenvalue weighted by Crippen LogP contribution is -2.48. The van der Waals surface area contributed by atoms with Crippen LogP contribution in [0.2, 0.25) is 5.02 Å². The van der Waals surface area contributed by atoms with Gasteiger partial charge in [-0.25, -0.2) is 0 Å². The number of rotatable bonds is 2. The summed E-state index contributed by atoms with van der Waals surface area (Å²) in [7, 11) is 0. The smallest absolute Gasteiger partial charge is 0.293 e. The molecule has 0 atom stereocenters. The van der Waals surface area contributed by atoms with E-state index < -0.39 is 11.8 Å². The second-order valence-corrected chi connectivity index (χ2v) is 7.33. The van der Waals surface area contributed by atoms with Crippen molar-refractivity contribution in [3.63, 3.8) is 0 Å². The van der Waals surface area contributed by atoms with E-state index in [1.165, 1.54) is 17.4 Å². The van der Waals surface area contributed by atoms with Crippen molar-refractivity contribution in [2.75, 3.05) is 0 Å². The van der Waals surface area contributed by atoms with Gasteiger partial charge < -0.3 is 4.42 Å². The van der Waals surface area contributed by atoms with Gasteiger partial charge in [0.1, 0.15) is 4.88 Å². The number of carbonyl (C=O) groups is 2. The van der Waals surface area contributed by atoms with Crippen LogP contribution in [0.1, 0.15) is 20.2 Å². The van der Waals surface area contributed by atoms with Crippen molar-refractivity contribution in [1.82, 2.24) is 16.2 Å². The lowest BCUT2D eigenvalue weighted by molar-refractivity contribution is 0.0928. The molecule has 3 aromatic rings. The number of hydrogen-bond donors (Lipinski definition) is 3. The Bertz CT molecular complexity index is 985. The molecule has 0 unspecified atom stereocenters. The Hall–Kier alpha value is -1.94. The zero-order valence-electron chi connectivity index (χ0n) is 12.3. The summed E-state index contributed by atoms with van der Waals surface area (Å²) < 4.78 is 6.43. The third kappa shape index (κ3) is 4.01. The number of benzene rings is 1. The minimum Gasteiger partial charge on any atom is -0.444 e. The Morgan fingerprint density at radius 2 is 1.88 bits per heavy atom. The first-order valence-electron chi connectivity index (χ1n) is 6.79. The summed E-state index contributed by atoms with van der Waals surface area (Å²) in [5.74, 6) is -0.921. The predicted octanol–water partition coefficient (Wildman–Crippen LogP) is 3.86. The second-order valence-electron chi connectivity index (χ2n) is 4.71. The van der Waals surface area contributed by atoms with Crippen LogP contribution in [0.5, 0.6) is 0 Å². The molecular weight excluding hydrogens is 450 g/mol. The highest BCUT2D eigenvalue weighted by molar-refractivity contribution is 9.10. The summed E-state index contributed by atoms with van der Waals surface area (Å²) in [5.41, 5.74) is 4.86. The van der Waals surface area contributed by atoms with Crippen LogP contribution in [0.4, 0.5) is 0 Å². The van der Waals surface area contributed by atoms with Crippen LogP contribution in [0, 0.1) is 0 Å². The number of carbonyl (C=O) groups excluding carboxylic acids is 2. The van der Waals surface area contributed by atoms with E-state index in [0.717, 1.165) is 10.1 Å². The third-order valence-corrected chi connectivity index (χ3v) is 5.36. The van der Waals surface area contributed by atoms with Gasteiger partial charge in [0.05, 0.1) is 5.02 Å². The molecule has 0 bridgehead atoms. The summed E-state index contributed by atoms with van der Waals surface area (Å²) >= 11 is 15.6. The van der Waals surface area contributed by atoms with Crippen molar-refractivity contribution in [3.05, 3.63) is 56.7 Å². The highest BCUT2D eigenvalue weighted by Crippen LogP contribution is 2.34. The van der Waals surface area contributed by atoms with Crippen molar-refractivity contribution in [2.45, 2.75) is 0 Å². The van der Waals surface area contributed by atoms with Gasteiger partial charge in [0.25, 0.3) is 11.8 Å². The number of nitrogens with one attached hydrogen (secondary N) is 3. The fourth-order valence-corrected chi connectivity index (χ4v) is 3.83. The molecule has 2 aromatic heterocycles. The summed E-state index contributed by atoms with van der Waals surface area (Å²) in [4.78, 5) is 24.5. The molecule has 0 aliphatic heterocycles. The topological polar surface area (TPSA) is 83.4 Å². The van der Waals surface area contributed by atoms with Gasteiger partial charge >= 0.3 is 0 Å². The number of hydrazine groups is 1. The van der Waals surface area contributed by atoms with Crippen molar-refractivity contribution in [1.29, 1.82) is 0 Å². The second kappa shape index (κ2) is 7.52. The van der Waals surface area contributed by atoms with E-state index in [0.29, 0.717) is 14.6 Å². The van der Waals surface area contributed by atoms with E-state index in [1.54, 1.807) is 6.07 Å². The molecule has 0 fully saturated rings. The number of thiophene rings is 1. The minimum atomic E-state index is -0.544. The van der Waals surface area contributed by atoms with E-state index in [9.17, 15) is 9.59 Å². The number of fused-ring (bicyclic) bond motifs is 1. The number of thiocarbonyl (C=S) groups is 1. The van der Waals surface area contributed by atoms with E-state index in [4.69, 9.17) is 28.2 Å². The van der Waals surface area contributed by atoms with Gasteiger partial charge in [-0.05, 0) is 46.3 Å². The zero-order chi connectivity index (χ0) is 18.0. The molecule has 3 N–H and O–H groups in total. The maximum absolute atomic E-state index is 12.3. The molecule has 0 spiro atoms. The van der Waals surface area contributed by atoms with Crippen LogP contribution in [0.3, 0.4) is 0 Å². The first-order valence-corrected chi connectivity index (χ1v) is 9.19. The fourth-order valence-electron chi connectivity index (χ4n) is 1.96. The molecule has 0 aliphatic rings. The van der Waals surface area contributed by atoms with Crippen molar-refractivity contribution >= 4 is 78.1 Å². The standard InChI is InChI=1S/C15H9BrClN3O3S2/c16-10-6-5-8(23-10)13(21)18-15(24)20-19-14(22)12-11(17)7-3-1-2-4-9(7)25-12/h1-6H,(H,19,22)(H2,18,20,21,24). The molecule has 0 radical (unpaired) electrons. The number of amides is 2. The number of hydrogen-bond acceptors (Lipinski definition) is 5. The van der Waals surface area contributed by atoms with E-state index >= 15 is 0 Å². The molecule has 2 heterocycles. The Morgan fingerprint density at radius 3 is 2.56 bits per heavy atom. The summed E-state index contributed by atoms with van der Waals surface area (Å²) in [6, 6.07) is 10.5. The average Bonchev–Trinajstić information content (AvgIpc) is 3.17. The van der Waals surface area contributed by atoms with Crippen LogP contribution in [-0.4, -0.2) is 16.9 Å². The van der Waals surface area contributed by atoms with Gasteiger partial charge in [-0.15, -0.1) is 11.3 Å². The Labute approximate surface area is 164 Å². The van der Waals surface area contributed by atoms with Crippen LogP contribution in [-0.2, 0) is 0 Å². The average molecular weight is 459 g/mol. The molecule has 0 saturated heterocycles. The number of furan rings is 1. The van der Waals surface area contributed by atoms with Crippen molar-refractivity contribution < 1.29 is 14.0 Å². The van der Waals surface area contributed by atoms with Crippen LogP contribution in [0.15, 0.2) is 45.5 Å². The molecule has 1 aromatic carbocycles. The summed E-state index contributed by atoms with van der Waals surface area (Å²) in [5, 5.41) is 3.47. The predicted molar refractivity (Wildman–Crippen MR) is 104 cm³/mol. The van der Waals surface area contributed by atoms with E-state index in [-0.39, 0.29) is 10.9 Å². The molecule has 128 valence electrons. The molecule has 10 heteroatoms. The Kier molecular flexibility index (Phi) is 5.38.